The van der Waals surface area contributed by atoms with Gasteiger partial charge < -0.3 is 10.1 Å². The standard InChI is InChI=1S/C23H29NO2/c25-23(24-17-10-18-26-21-15-8-3-9-16-21)22(19-11-4-1-5-12-19)20-13-6-2-7-14-20/h1-2,4-7,11-14,21-22H,3,8-10,15-18H2,(H,24,25). The Kier molecular flexibility index (Phi) is 7.26. The van der Waals surface area contributed by atoms with Crippen LogP contribution in [0.25, 0.3) is 0 Å². The molecule has 0 unspecified atom stereocenters. The van der Waals surface area contributed by atoms with Crippen LogP contribution >= 0.6 is 0 Å². The van der Waals surface area contributed by atoms with Gasteiger partial charge in [0.25, 0.3) is 0 Å². The summed E-state index contributed by atoms with van der Waals surface area (Å²) in [5, 5.41) is 3.10. The first kappa shape index (κ1) is 18.7. The molecule has 1 amide bonds. The smallest absolute Gasteiger partial charge is 0.232 e. The van der Waals surface area contributed by atoms with Crippen molar-refractivity contribution < 1.29 is 9.53 Å². The summed E-state index contributed by atoms with van der Waals surface area (Å²) in [4.78, 5) is 12.9. The van der Waals surface area contributed by atoms with Crippen LogP contribution in [0.3, 0.4) is 0 Å². The molecule has 138 valence electrons. The van der Waals surface area contributed by atoms with Gasteiger partial charge in [-0.05, 0) is 30.4 Å². The van der Waals surface area contributed by atoms with Gasteiger partial charge in [0.1, 0.15) is 0 Å². The molecule has 0 aliphatic heterocycles. The summed E-state index contributed by atoms with van der Waals surface area (Å²) >= 11 is 0. The van der Waals surface area contributed by atoms with Crippen molar-refractivity contribution in [3.8, 4) is 0 Å². The molecule has 1 N–H and O–H groups in total. The first-order valence-corrected chi connectivity index (χ1v) is 9.84. The fraction of sp³-hybridized carbons (Fsp3) is 0.435. The van der Waals surface area contributed by atoms with Crippen molar-refractivity contribution in [1.82, 2.24) is 5.32 Å². The molecule has 1 saturated carbocycles. The number of rotatable bonds is 8. The predicted molar refractivity (Wildman–Crippen MR) is 105 cm³/mol. The van der Waals surface area contributed by atoms with Gasteiger partial charge >= 0.3 is 0 Å². The summed E-state index contributed by atoms with van der Waals surface area (Å²) in [5.41, 5.74) is 2.05. The maximum atomic E-state index is 12.9. The Morgan fingerprint density at radius 2 is 1.50 bits per heavy atom. The van der Waals surface area contributed by atoms with Crippen molar-refractivity contribution in [3.63, 3.8) is 0 Å². The minimum Gasteiger partial charge on any atom is -0.378 e. The Morgan fingerprint density at radius 3 is 2.08 bits per heavy atom. The third kappa shape index (κ3) is 5.43. The number of amides is 1. The zero-order valence-corrected chi connectivity index (χ0v) is 15.4. The van der Waals surface area contributed by atoms with Crippen molar-refractivity contribution in [2.45, 2.75) is 50.5 Å². The first-order valence-electron chi connectivity index (χ1n) is 9.84. The Morgan fingerprint density at radius 1 is 0.923 bits per heavy atom. The van der Waals surface area contributed by atoms with Crippen LogP contribution in [0, 0.1) is 0 Å². The second-order valence-corrected chi connectivity index (χ2v) is 7.03. The molecule has 0 radical (unpaired) electrons. The molecule has 2 aromatic rings. The van der Waals surface area contributed by atoms with E-state index < -0.39 is 0 Å². The van der Waals surface area contributed by atoms with Gasteiger partial charge in [0.2, 0.25) is 5.91 Å². The van der Waals surface area contributed by atoms with Crippen molar-refractivity contribution in [1.29, 1.82) is 0 Å². The van der Waals surface area contributed by atoms with E-state index >= 15 is 0 Å². The van der Waals surface area contributed by atoms with Gasteiger partial charge in [-0.25, -0.2) is 0 Å². The SMILES string of the molecule is O=C(NCCCOC1CCCCC1)C(c1ccccc1)c1ccccc1. The van der Waals surface area contributed by atoms with E-state index in [9.17, 15) is 4.79 Å². The van der Waals surface area contributed by atoms with Gasteiger partial charge in [-0.1, -0.05) is 79.9 Å². The van der Waals surface area contributed by atoms with Crippen LogP contribution in [0.1, 0.15) is 55.6 Å². The number of hydrogen-bond donors (Lipinski definition) is 1. The van der Waals surface area contributed by atoms with E-state index in [1.165, 1.54) is 32.1 Å². The molecule has 1 fully saturated rings. The summed E-state index contributed by atoms with van der Waals surface area (Å²) in [5.74, 6) is -0.211. The third-order valence-electron chi connectivity index (χ3n) is 5.05. The molecule has 0 bridgehead atoms. The molecule has 0 aromatic heterocycles. The molecule has 2 aromatic carbocycles. The maximum absolute atomic E-state index is 12.9. The average Bonchev–Trinajstić information content (AvgIpc) is 2.70. The lowest BCUT2D eigenvalue weighted by Crippen LogP contribution is -2.31. The van der Waals surface area contributed by atoms with Gasteiger partial charge in [0.15, 0.2) is 0 Å². The predicted octanol–water partition coefficient (Wildman–Crippen LogP) is 4.67. The largest absolute Gasteiger partial charge is 0.378 e. The van der Waals surface area contributed by atoms with Crippen LogP contribution < -0.4 is 5.32 Å². The molecule has 0 atom stereocenters. The molecule has 0 heterocycles. The van der Waals surface area contributed by atoms with Crippen LogP contribution in [-0.4, -0.2) is 25.2 Å². The summed E-state index contributed by atoms with van der Waals surface area (Å²) in [6.45, 7) is 1.38. The zero-order valence-electron chi connectivity index (χ0n) is 15.4. The van der Waals surface area contributed by atoms with Crippen LogP contribution in [0.2, 0.25) is 0 Å². The molecular weight excluding hydrogens is 322 g/mol. The molecule has 3 heteroatoms. The lowest BCUT2D eigenvalue weighted by Gasteiger charge is -2.22. The summed E-state index contributed by atoms with van der Waals surface area (Å²) in [6, 6.07) is 20.0. The number of benzene rings is 2. The molecule has 1 aliphatic carbocycles. The Bertz CT molecular complexity index is 611. The topological polar surface area (TPSA) is 38.3 Å². The van der Waals surface area contributed by atoms with Gasteiger partial charge in [-0.3, -0.25) is 4.79 Å². The lowest BCUT2D eigenvalue weighted by molar-refractivity contribution is -0.121. The number of carbonyl (C=O) groups is 1. The monoisotopic (exact) mass is 351 g/mol. The van der Waals surface area contributed by atoms with Crippen LogP contribution in [0.15, 0.2) is 60.7 Å². The normalized spacial score (nSPS) is 15.1. The molecule has 1 aliphatic rings. The minimum atomic E-state index is -0.267. The summed E-state index contributed by atoms with van der Waals surface area (Å²) in [6.07, 6.45) is 7.59. The molecule has 3 nitrogen and oxygen atoms in total. The zero-order chi connectivity index (χ0) is 18.0. The third-order valence-corrected chi connectivity index (χ3v) is 5.05. The molecule has 26 heavy (non-hydrogen) atoms. The van der Waals surface area contributed by atoms with Crippen molar-refractivity contribution in [2.75, 3.05) is 13.2 Å². The fourth-order valence-corrected chi connectivity index (χ4v) is 3.65. The fourth-order valence-electron chi connectivity index (χ4n) is 3.65. The maximum Gasteiger partial charge on any atom is 0.232 e. The minimum absolute atomic E-state index is 0.0556. The average molecular weight is 351 g/mol. The van der Waals surface area contributed by atoms with E-state index in [4.69, 9.17) is 4.74 Å². The van der Waals surface area contributed by atoms with Crippen LogP contribution in [0.5, 0.6) is 0 Å². The highest BCUT2D eigenvalue weighted by Crippen LogP contribution is 2.24. The molecule has 3 rings (SSSR count). The van der Waals surface area contributed by atoms with E-state index in [1.54, 1.807) is 0 Å². The van der Waals surface area contributed by atoms with Crippen LogP contribution in [0.4, 0.5) is 0 Å². The van der Waals surface area contributed by atoms with E-state index in [0.29, 0.717) is 12.6 Å². The second-order valence-electron chi connectivity index (χ2n) is 7.03. The Balaban J connectivity index is 1.51. The van der Waals surface area contributed by atoms with E-state index in [1.807, 2.05) is 60.7 Å². The lowest BCUT2D eigenvalue weighted by atomic mass is 9.90. The highest BCUT2D eigenvalue weighted by molar-refractivity contribution is 5.87. The molecular formula is C23H29NO2. The first-order chi connectivity index (χ1) is 12.8. The number of carbonyl (C=O) groups excluding carboxylic acids is 1. The highest BCUT2D eigenvalue weighted by atomic mass is 16.5. The van der Waals surface area contributed by atoms with E-state index in [0.717, 1.165) is 24.2 Å². The van der Waals surface area contributed by atoms with Gasteiger partial charge in [0, 0.05) is 13.2 Å². The van der Waals surface area contributed by atoms with Gasteiger partial charge in [-0.2, -0.15) is 0 Å². The van der Waals surface area contributed by atoms with E-state index in [-0.39, 0.29) is 11.8 Å². The summed E-state index contributed by atoms with van der Waals surface area (Å²) in [7, 11) is 0. The summed E-state index contributed by atoms with van der Waals surface area (Å²) < 4.78 is 5.94. The number of hydrogen-bond acceptors (Lipinski definition) is 2. The second kappa shape index (κ2) is 10.1. The van der Waals surface area contributed by atoms with Crippen molar-refractivity contribution in [2.24, 2.45) is 0 Å². The highest BCUT2D eigenvalue weighted by Gasteiger charge is 2.22. The Hall–Kier alpha value is -2.13. The van der Waals surface area contributed by atoms with Crippen LogP contribution in [-0.2, 0) is 9.53 Å². The molecule has 0 spiro atoms. The van der Waals surface area contributed by atoms with Gasteiger partial charge in [-0.15, -0.1) is 0 Å². The molecule has 0 saturated heterocycles. The number of ether oxygens (including phenoxy) is 1. The number of nitrogens with one attached hydrogen (secondary N) is 1. The van der Waals surface area contributed by atoms with Crippen molar-refractivity contribution in [3.05, 3.63) is 71.8 Å². The van der Waals surface area contributed by atoms with E-state index in [2.05, 4.69) is 5.32 Å². The van der Waals surface area contributed by atoms with Crippen molar-refractivity contribution >= 4 is 5.91 Å². The Labute approximate surface area is 156 Å². The van der Waals surface area contributed by atoms with Gasteiger partial charge in [0.05, 0.1) is 12.0 Å². The quantitative estimate of drug-likeness (QED) is 0.702.